The third kappa shape index (κ3) is 3.84. The first-order chi connectivity index (χ1) is 9.45. The molecular weight excluding hydrogens is 262 g/mol. The van der Waals surface area contributed by atoms with Crippen LogP contribution < -0.4 is 0 Å². The number of hydrogen-bond acceptors (Lipinski definition) is 3. The zero-order valence-corrected chi connectivity index (χ0v) is 11.9. The zero-order valence-electron chi connectivity index (χ0n) is 11.9. The third-order valence-electron chi connectivity index (χ3n) is 3.74. The molecule has 2 rings (SSSR count). The number of hydrogen-bond donors (Lipinski definition) is 0. The summed E-state index contributed by atoms with van der Waals surface area (Å²) in [4.78, 5) is 16.5. The molecule has 5 heteroatoms. The Morgan fingerprint density at radius 1 is 1.20 bits per heavy atom. The highest BCUT2D eigenvalue weighted by Gasteiger charge is 2.26. The molecule has 1 saturated heterocycles. The molecule has 110 valence electrons. The van der Waals surface area contributed by atoms with E-state index < -0.39 is 11.6 Å². The summed E-state index contributed by atoms with van der Waals surface area (Å²) in [5.74, 6) is -1.27. The summed E-state index contributed by atoms with van der Waals surface area (Å²) in [5, 5.41) is 0. The van der Waals surface area contributed by atoms with Crippen molar-refractivity contribution in [1.82, 2.24) is 9.80 Å². The molecule has 1 atom stereocenters. The number of rotatable bonds is 3. The van der Waals surface area contributed by atoms with Crippen LogP contribution in [0.1, 0.15) is 12.0 Å². The third-order valence-corrected chi connectivity index (χ3v) is 3.74. The van der Waals surface area contributed by atoms with Crippen LogP contribution in [0, 0.1) is 11.6 Å². The van der Waals surface area contributed by atoms with Gasteiger partial charge in [0.15, 0.2) is 5.78 Å². The molecule has 1 aliphatic rings. The molecule has 0 aromatic heterocycles. The van der Waals surface area contributed by atoms with E-state index in [2.05, 4.69) is 4.90 Å². The maximum absolute atomic E-state index is 13.2. The minimum absolute atomic E-state index is 0.00579. The first-order valence-corrected chi connectivity index (χ1v) is 6.82. The van der Waals surface area contributed by atoms with Crippen molar-refractivity contribution in [1.29, 1.82) is 0 Å². The second-order valence-corrected chi connectivity index (χ2v) is 5.53. The molecule has 1 aromatic rings. The monoisotopic (exact) mass is 282 g/mol. The van der Waals surface area contributed by atoms with Gasteiger partial charge >= 0.3 is 0 Å². The van der Waals surface area contributed by atoms with Crippen LogP contribution in [0.5, 0.6) is 0 Å². The van der Waals surface area contributed by atoms with Gasteiger partial charge in [-0.05, 0) is 51.3 Å². The normalized spacial score (nSPS) is 21.7. The summed E-state index contributed by atoms with van der Waals surface area (Å²) in [6.45, 7) is 2.48. The summed E-state index contributed by atoms with van der Waals surface area (Å²) in [7, 11) is 3.91. The van der Waals surface area contributed by atoms with Crippen molar-refractivity contribution in [3.05, 3.63) is 35.4 Å². The molecule has 0 bridgehead atoms. The molecule has 0 spiro atoms. The maximum atomic E-state index is 13.2. The van der Waals surface area contributed by atoms with Crippen LogP contribution in [0.2, 0.25) is 0 Å². The Morgan fingerprint density at radius 3 is 2.50 bits per heavy atom. The van der Waals surface area contributed by atoms with Crippen LogP contribution >= 0.6 is 0 Å². The van der Waals surface area contributed by atoms with Crippen LogP contribution in [0.4, 0.5) is 8.78 Å². The van der Waals surface area contributed by atoms with E-state index in [1.807, 2.05) is 19.0 Å². The van der Waals surface area contributed by atoms with Gasteiger partial charge in [0.1, 0.15) is 11.6 Å². The summed E-state index contributed by atoms with van der Waals surface area (Å²) in [6.07, 6.45) is 1.09. The van der Waals surface area contributed by atoms with E-state index in [1.54, 1.807) is 0 Å². The molecule has 0 saturated carbocycles. The first-order valence-electron chi connectivity index (χ1n) is 6.82. The smallest absolute Gasteiger partial charge is 0.155 e. The van der Waals surface area contributed by atoms with Crippen molar-refractivity contribution < 1.29 is 13.6 Å². The van der Waals surface area contributed by atoms with Crippen LogP contribution in [-0.4, -0.2) is 55.4 Å². The molecule has 1 heterocycles. The molecule has 0 radical (unpaired) electrons. The Kier molecular flexibility index (Phi) is 4.83. The molecule has 20 heavy (non-hydrogen) atoms. The quantitative estimate of drug-likeness (QED) is 0.843. The summed E-state index contributed by atoms with van der Waals surface area (Å²) < 4.78 is 26.3. The van der Waals surface area contributed by atoms with Gasteiger partial charge in [-0.25, -0.2) is 8.78 Å². The molecule has 0 N–H and O–H groups in total. The average Bonchev–Trinajstić information content (AvgIpc) is 2.49. The second kappa shape index (κ2) is 6.41. The van der Waals surface area contributed by atoms with E-state index >= 15 is 0 Å². The van der Waals surface area contributed by atoms with Gasteiger partial charge < -0.3 is 4.90 Å². The fraction of sp³-hybridized carbons (Fsp3) is 0.533. The van der Waals surface area contributed by atoms with E-state index in [0.29, 0.717) is 12.1 Å². The highest BCUT2D eigenvalue weighted by Crippen LogP contribution is 2.13. The lowest BCUT2D eigenvalue weighted by atomic mass is 10.0. The predicted octanol–water partition coefficient (Wildman–Crippen LogP) is 1.71. The van der Waals surface area contributed by atoms with Gasteiger partial charge in [0.2, 0.25) is 0 Å². The summed E-state index contributed by atoms with van der Waals surface area (Å²) in [5.41, 5.74) is 0.396. The van der Waals surface area contributed by atoms with E-state index in [1.165, 1.54) is 12.1 Å². The van der Waals surface area contributed by atoms with Gasteiger partial charge in [-0.15, -0.1) is 0 Å². The number of benzene rings is 1. The van der Waals surface area contributed by atoms with Crippen molar-refractivity contribution >= 4 is 5.78 Å². The molecule has 3 nitrogen and oxygen atoms in total. The highest BCUT2D eigenvalue weighted by molar-refractivity contribution is 5.86. The van der Waals surface area contributed by atoms with Crippen LogP contribution in [-0.2, 0) is 11.2 Å². The average molecular weight is 282 g/mol. The standard InChI is InChI=1S/C15H20F2N2O/c1-18-4-3-5-19(2)14(10-18)15(20)8-11-6-12(16)9-13(17)7-11/h6-7,9,14H,3-5,8,10H2,1-2H3. The molecular formula is C15H20F2N2O. The number of Topliss-reactive ketones (excluding diaryl/α,β-unsaturated/α-hetero) is 1. The second-order valence-electron chi connectivity index (χ2n) is 5.53. The van der Waals surface area contributed by atoms with Crippen LogP contribution in [0.25, 0.3) is 0 Å². The van der Waals surface area contributed by atoms with Gasteiger partial charge in [-0.2, -0.15) is 0 Å². The lowest BCUT2D eigenvalue weighted by Crippen LogP contribution is -2.44. The van der Waals surface area contributed by atoms with Gasteiger partial charge in [0.05, 0.1) is 6.04 Å². The van der Waals surface area contributed by atoms with Crippen LogP contribution in [0.15, 0.2) is 18.2 Å². The zero-order chi connectivity index (χ0) is 14.7. The van der Waals surface area contributed by atoms with Crippen molar-refractivity contribution in [2.45, 2.75) is 18.9 Å². The Bertz CT molecular complexity index is 473. The lowest BCUT2D eigenvalue weighted by molar-refractivity contribution is -0.123. The van der Waals surface area contributed by atoms with Crippen molar-refractivity contribution in [2.75, 3.05) is 33.7 Å². The number of carbonyl (C=O) groups is 1. The van der Waals surface area contributed by atoms with E-state index in [9.17, 15) is 13.6 Å². The predicted molar refractivity (Wildman–Crippen MR) is 73.6 cm³/mol. The fourth-order valence-electron chi connectivity index (χ4n) is 2.65. The Labute approximate surface area is 118 Å². The van der Waals surface area contributed by atoms with E-state index in [0.717, 1.165) is 25.6 Å². The molecule has 1 aliphatic heterocycles. The largest absolute Gasteiger partial charge is 0.304 e. The molecule has 1 unspecified atom stereocenters. The number of likely N-dealkylation sites (N-methyl/N-ethyl adjacent to an activating group) is 2. The van der Waals surface area contributed by atoms with Crippen LogP contribution in [0.3, 0.4) is 0 Å². The van der Waals surface area contributed by atoms with Crippen molar-refractivity contribution in [2.24, 2.45) is 0 Å². The number of ketones is 1. The minimum Gasteiger partial charge on any atom is -0.304 e. The van der Waals surface area contributed by atoms with Gasteiger partial charge in [-0.3, -0.25) is 9.69 Å². The number of nitrogens with zero attached hydrogens (tertiary/aromatic N) is 2. The molecule has 1 aromatic carbocycles. The first kappa shape index (κ1) is 15.1. The van der Waals surface area contributed by atoms with Gasteiger partial charge in [0, 0.05) is 19.0 Å². The Morgan fingerprint density at radius 2 is 1.85 bits per heavy atom. The highest BCUT2D eigenvalue weighted by atomic mass is 19.1. The Balaban J connectivity index is 2.09. The van der Waals surface area contributed by atoms with Crippen molar-refractivity contribution in [3.63, 3.8) is 0 Å². The molecule has 0 amide bonds. The van der Waals surface area contributed by atoms with Gasteiger partial charge in [-0.1, -0.05) is 0 Å². The fourth-order valence-corrected chi connectivity index (χ4v) is 2.65. The van der Waals surface area contributed by atoms with E-state index in [-0.39, 0.29) is 18.2 Å². The van der Waals surface area contributed by atoms with E-state index in [4.69, 9.17) is 0 Å². The summed E-state index contributed by atoms with van der Waals surface area (Å²) >= 11 is 0. The number of carbonyl (C=O) groups excluding carboxylic acids is 1. The lowest BCUT2D eigenvalue weighted by Gasteiger charge is -2.26. The van der Waals surface area contributed by atoms with Gasteiger partial charge in [0.25, 0.3) is 0 Å². The number of halogens is 2. The maximum Gasteiger partial charge on any atom is 0.155 e. The molecule has 0 aliphatic carbocycles. The Hall–Kier alpha value is -1.33. The SMILES string of the molecule is CN1CCCN(C)C(C(=O)Cc2cc(F)cc(F)c2)C1. The van der Waals surface area contributed by atoms with Crippen molar-refractivity contribution in [3.8, 4) is 0 Å². The summed E-state index contributed by atoms with van der Waals surface area (Å²) in [6, 6.07) is 3.05. The molecule has 1 fully saturated rings. The minimum atomic E-state index is -0.640. The topological polar surface area (TPSA) is 23.6 Å².